The van der Waals surface area contributed by atoms with Crippen LogP contribution < -0.4 is 5.73 Å². The lowest BCUT2D eigenvalue weighted by Gasteiger charge is -2.05. The summed E-state index contributed by atoms with van der Waals surface area (Å²) in [6, 6.07) is 0. The number of anilines is 1. The predicted octanol–water partition coefficient (Wildman–Crippen LogP) is 1.76. The molecule has 0 aromatic carbocycles. The first-order valence-electron chi connectivity index (χ1n) is 3.81. The molecule has 1 aromatic rings. The van der Waals surface area contributed by atoms with Gasteiger partial charge in [0.05, 0.1) is 11.7 Å². The summed E-state index contributed by atoms with van der Waals surface area (Å²) >= 11 is 5.76. The molecule has 1 aliphatic heterocycles. The topological polar surface area (TPSA) is 61.3 Å². The molecule has 0 spiro atoms. The van der Waals surface area contributed by atoms with Crippen LogP contribution in [0.25, 0.3) is 0 Å². The number of ether oxygens (including phenoxy) is 1. The zero-order chi connectivity index (χ0) is 8.55. The second-order valence-electron chi connectivity index (χ2n) is 2.75. The van der Waals surface area contributed by atoms with Crippen molar-refractivity contribution in [3.8, 4) is 0 Å². The predicted molar refractivity (Wildman–Crippen MR) is 43.9 cm³/mol. The molecule has 1 atom stereocenters. The Morgan fingerprint density at radius 3 is 2.92 bits per heavy atom. The van der Waals surface area contributed by atoms with Gasteiger partial charge >= 0.3 is 0 Å². The normalized spacial score (nSPS) is 23.2. The Bertz CT molecular complexity index is 261. The minimum atomic E-state index is -0.0243. The van der Waals surface area contributed by atoms with E-state index in [2.05, 4.69) is 5.16 Å². The highest BCUT2D eigenvalue weighted by Crippen LogP contribution is 2.36. The highest BCUT2D eigenvalue weighted by molar-refractivity contribution is 6.30. The molecule has 1 saturated heterocycles. The van der Waals surface area contributed by atoms with Gasteiger partial charge in [0.25, 0.3) is 0 Å². The molecule has 0 radical (unpaired) electrons. The molecule has 0 amide bonds. The van der Waals surface area contributed by atoms with E-state index in [0.717, 1.165) is 19.4 Å². The smallest absolute Gasteiger partial charge is 0.229 e. The van der Waals surface area contributed by atoms with Gasteiger partial charge in [-0.25, -0.2) is 0 Å². The fraction of sp³-hybridized carbons (Fsp3) is 0.571. The molecule has 0 aliphatic carbocycles. The van der Waals surface area contributed by atoms with Crippen LogP contribution in [0.5, 0.6) is 0 Å². The number of rotatable bonds is 1. The molecule has 2 N–H and O–H groups in total. The Hall–Kier alpha value is -0.740. The van der Waals surface area contributed by atoms with Gasteiger partial charge < -0.3 is 15.0 Å². The molecule has 1 aromatic heterocycles. The van der Waals surface area contributed by atoms with Crippen LogP contribution in [0.4, 0.5) is 5.88 Å². The van der Waals surface area contributed by atoms with Crippen molar-refractivity contribution in [3.63, 3.8) is 0 Å². The third-order valence-electron chi connectivity index (χ3n) is 1.96. The molecule has 2 rings (SSSR count). The van der Waals surface area contributed by atoms with Crippen molar-refractivity contribution in [2.45, 2.75) is 18.9 Å². The van der Waals surface area contributed by atoms with Crippen LogP contribution in [0.1, 0.15) is 24.5 Å². The average molecular weight is 189 g/mol. The summed E-state index contributed by atoms with van der Waals surface area (Å²) in [5.74, 6) is 0.270. The Morgan fingerprint density at radius 2 is 2.42 bits per heavy atom. The van der Waals surface area contributed by atoms with E-state index in [1.807, 2.05) is 0 Å². The van der Waals surface area contributed by atoms with Crippen molar-refractivity contribution >= 4 is 17.5 Å². The van der Waals surface area contributed by atoms with Crippen LogP contribution >= 0.6 is 11.6 Å². The van der Waals surface area contributed by atoms with Gasteiger partial charge in [-0.3, -0.25) is 0 Å². The molecular formula is C7H9ClN2O2. The van der Waals surface area contributed by atoms with Crippen molar-refractivity contribution in [3.05, 3.63) is 10.7 Å². The van der Waals surface area contributed by atoms with Crippen LogP contribution in [-0.2, 0) is 4.74 Å². The molecular weight excluding hydrogens is 180 g/mol. The lowest BCUT2D eigenvalue weighted by atomic mass is 10.1. The molecule has 2 heterocycles. The van der Waals surface area contributed by atoms with Crippen LogP contribution in [0.3, 0.4) is 0 Å². The van der Waals surface area contributed by atoms with Gasteiger partial charge in [-0.2, -0.15) is 0 Å². The molecule has 0 saturated carbocycles. The fourth-order valence-electron chi connectivity index (χ4n) is 1.39. The van der Waals surface area contributed by atoms with E-state index in [1.165, 1.54) is 0 Å². The van der Waals surface area contributed by atoms with Gasteiger partial charge in [-0.05, 0) is 12.8 Å². The van der Waals surface area contributed by atoms with E-state index in [1.54, 1.807) is 0 Å². The van der Waals surface area contributed by atoms with Gasteiger partial charge in [-0.15, -0.1) is 0 Å². The number of aromatic nitrogens is 1. The lowest BCUT2D eigenvalue weighted by molar-refractivity contribution is 0.112. The summed E-state index contributed by atoms with van der Waals surface area (Å²) in [6.45, 7) is 0.756. The first-order valence-corrected chi connectivity index (χ1v) is 4.19. The standard InChI is InChI=1S/C7H9ClN2O2/c8-6-5(7(9)12-10-6)4-2-1-3-11-4/h4H,1-3,9H2. The van der Waals surface area contributed by atoms with Crippen molar-refractivity contribution in [2.24, 2.45) is 0 Å². The summed E-state index contributed by atoms with van der Waals surface area (Å²) in [5, 5.41) is 3.87. The SMILES string of the molecule is Nc1onc(Cl)c1C1CCCO1. The van der Waals surface area contributed by atoms with Crippen LogP contribution in [0.15, 0.2) is 4.52 Å². The highest BCUT2D eigenvalue weighted by Gasteiger charge is 2.26. The summed E-state index contributed by atoms with van der Waals surface area (Å²) in [7, 11) is 0. The number of hydrogen-bond acceptors (Lipinski definition) is 4. The molecule has 12 heavy (non-hydrogen) atoms. The van der Waals surface area contributed by atoms with Gasteiger partial charge in [0, 0.05) is 6.61 Å². The first-order chi connectivity index (χ1) is 5.79. The van der Waals surface area contributed by atoms with Gasteiger partial charge in [0.1, 0.15) is 0 Å². The number of nitrogens with two attached hydrogens (primary N) is 1. The molecule has 4 nitrogen and oxygen atoms in total. The zero-order valence-corrected chi connectivity index (χ0v) is 7.17. The van der Waals surface area contributed by atoms with Crippen LogP contribution in [-0.4, -0.2) is 11.8 Å². The Kier molecular flexibility index (Phi) is 1.94. The van der Waals surface area contributed by atoms with Crippen molar-refractivity contribution < 1.29 is 9.26 Å². The van der Waals surface area contributed by atoms with E-state index < -0.39 is 0 Å². The summed E-state index contributed by atoms with van der Waals surface area (Å²) in [4.78, 5) is 0. The van der Waals surface area contributed by atoms with Gasteiger partial charge in [0.2, 0.25) is 5.88 Å². The maximum atomic E-state index is 5.76. The zero-order valence-electron chi connectivity index (χ0n) is 6.42. The second-order valence-corrected chi connectivity index (χ2v) is 3.11. The van der Waals surface area contributed by atoms with Crippen LogP contribution in [0, 0.1) is 0 Å². The molecule has 0 bridgehead atoms. The summed E-state index contributed by atoms with van der Waals surface area (Å²) in [6.07, 6.45) is 1.94. The maximum absolute atomic E-state index is 5.76. The monoisotopic (exact) mass is 188 g/mol. The molecule has 1 unspecified atom stereocenters. The number of nitrogen functional groups attached to an aromatic ring is 1. The fourth-order valence-corrected chi connectivity index (χ4v) is 1.64. The van der Waals surface area contributed by atoms with E-state index in [-0.39, 0.29) is 12.0 Å². The van der Waals surface area contributed by atoms with Gasteiger partial charge in [-0.1, -0.05) is 16.8 Å². The Labute approximate surface area is 74.6 Å². The Balaban J connectivity index is 2.30. The van der Waals surface area contributed by atoms with Crippen molar-refractivity contribution in [1.82, 2.24) is 5.16 Å². The minimum Gasteiger partial charge on any atom is -0.373 e. The quantitative estimate of drug-likeness (QED) is 0.730. The summed E-state index contributed by atoms with van der Waals surface area (Å²) < 4.78 is 10.1. The third-order valence-corrected chi connectivity index (χ3v) is 2.24. The molecule has 5 heteroatoms. The average Bonchev–Trinajstić information content (AvgIpc) is 2.61. The van der Waals surface area contributed by atoms with Crippen molar-refractivity contribution in [1.29, 1.82) is 0 Å². The van der Waals surface area contributed by atoms with E-state index in [0.29, 0.717) is 10.7 Å². The molecule has 1 aliphatic rings. The van der Waals surface area contributed by atoms with E-state index in [4.69, 9.17) is 26.6 Å². The second kappa shape index (κ2) is 2.95. The molecule has 66 valence electrons. The maximum Gasteiger partial charge on any atom is 0.229 e. The number of halogens is 1. The van der Waals surface area contributed by atoms with Gasteiger partial charge in [0.15, 0.2) is 5.15 Å². The summed E-state index contributed by atoms with van der Waals surface area (Å²) in [5.41, 5.74) is 6.23. The molecule has 1 fully saturated rings. The highest BCUT2D eigenvalue weighted by atomic mass is 35.5. The minimum absolute atomic E-state index is 0.0243. The van der Waals surface area contributed by atoms with E-state index in [9.17, 15) is 0 Å². The van der Waals surface area contributed by atoms with Crippen molar-refractivity contribution in [2.75, 3.05) is 12.3 Å². The largest absolute Gasteiger partial charge is 0.373 e. The third kappa shape index (κ3) is 1.17. The lowest BCUT2D eigenvalue weighted by Crippen LogP contribution is -1.98. The van der Waals surface area contributed by atoms with Crippen LogP contribution in [0.2, 0.25) is 5.15 Å². The Morgan fingerprint density at radius 1 is 1.58 bits per heavy atom. The number of hydrogen-bond donors (Lipinski definition) is 1. The van der Waals surface area contributed by atoms with E-state index >= 15 is 0 Å². The number of nitrogens with zero attached hydrogens (tertiary/aromatic N) is 1. The first kappa shape index (κ1) is 7.89.